The molecular weight excluding hydrogens is 404 g/mol. The first kappa shape index (κ1) is 20.8. The Kier molecular flexibility index (Phi) is 5.99. The highest BCUT2D eigenvalue weighted by Crippen LogP contribution is 2.28. The maximum absolute atomic E-state index is 11.2. The lowest BCUT2D eigenvalue weighted by Crippen LogP contribution is -2.57. The van der Waals surface area contributed by atoms with E-state index in [1.165, 1.54) is 5.69 Å². The molecule has 1 saturated carbocycles. The molecule has 2 aromatic carbocycles. The topological polar surface area (TPSA) is 90.6 Å². The van der Waals surface area contributed by atoms with E-state index >= 15 is 0 Å². The Balaban J connectivity index is 1.24. The lowest BCUT2D eigenvalue weighted by molar-refractivity contribution is 0.176. The molecule has 0 radical (unpaired) electrons. The van der Waals surface area contributed by atoms with Crippen molar-refractivity contribution in [1.82, 2.24) is 15.6 Å². The molecule has 3 N–H and O–H groups in total. The average molecular weight is 435 g/mol. The van der Waals surface area contributed by atoms with Crippen LogP contribution < -0.4 is 15.5 Å². The van der Waals surface area contributed by atoms with Crippen LogP contribution in [0.1, 0.15) is 38.5 Å². The Morgan fingerprint density at radius 2 is 1.78 bits per heavy atom. The maximum Gasteiger partial charge on any atom is 0.404 e. The number of aromatic nitrogens is 1. The second kappa shape index (κ2) is 9.20. The Bertz CT molecular complexity index is 1030. The minimum absolute atomic E-state index is 0.00668. The number of nitrogens with zero attached hydrogens (tertiary/aromatic N) is 2. The van der Waals surface area contributed by atoms with Crippen molar-refractivity contribution in [2.75, 3.05) is 18.0 Å². The third-order valence-corrected chi connectivity index (χ3v) is 6.72. The van der Waals surface area contributed by atoms with Crippen LogP contribution >= 0.6 is 0 Å². The zero-order chi connectivity index (χ0) is 21.9. The molecule has 3 atom stereocenters. The van der Waals surface area contributed by atoms with E-state index in [0.717, 1.165) is 68.3 Å². The summed E-state index contributed by atoms with van der Waals surface area (Å²) in [5, 5.41) is 15.7. The highest BCUT2D eigenvalue weighted by molar-refractivity contribution is 5.76. The molecule has 0 bridgehead atoms. The van der Waals surface area contributed by atoms with Crippen LogP contribution in [-0.4, -0.2) is 47.4 Å². The predicted octanol–water partition coefficient (Wildman–Crippen LogP) is 4.63. The van der Waals surface area contributed by atoms with Gasteiger partial charge in [-0.3, -0.25) is 0 Å². The molecule has 1 aliphatic carbocycles. The normalized spacial score (nSPS) is 23.9. The summed E-state index contributed by atoms with van der Waals surface area (Å²) in [5.41, 5.74) is 3.84. The molecular formula is C25H30N4O3. The summed E-state index contributed by atoms with van der Waals surface area (Å²) in [6.07, 6.45) is 5.50. The first-order valence-corrected chi connectivity index (χ1v) is 11.6. The number of piperidine rings is 1. The molecule has 5 rings (SSSR count). The van der Waals surface area contributed by atoms with Gasteiger partial charge in [0, 0.05) is 42.5 Å². The molecule has 3 aromatic rings. The monoisotopic (exact) mass is 434 g/mol. The van der Waals surface area contributed by atoms with Crippen LogP contribution in [0.3, 0.4) is 0 Å². The zero-order valence-corrected chi connectivity index (χ0v) is 18.2. The third-order valence-electron chi connectivity index (χ3n) is 6.72. The number of oxazole rings is 1. The predicted molar refractivity (Wildman–Crippen MR) is 125 cm³/mol. The number of hydrogen-bond donors (Lipinski definition) is 3. The van der Waals surface area contributed by atoms with Gasteiger partial charge >= 0.3 is 6.09 Å². The number of hydrogen-bond acceptors (Lipinski definition) is 5. The molecule has 1 aliphatic heterocycles. The van der Waals surface area contributed by atoms with E-state index in [1.807, 2.05) is 24.3 Å². The molecule has 7 nitrogen and oxygen atoms in total. The van der Waals surface area contributed by atoms with Crippen LogP contribution in [0.2, 0.25) is 0 Å². The molecule has 168 valence electrons. The number of amides is 1. The number of anilines is 1. The lowest BCUT2D eigenvalue weighted by Gasteiger charge is -2.40. The van der Waals surface area contributed by atoms with Gasteiger partial charge in [0.15, 0.2) is 5.58 Å². The van der Waals surface area contributed by atoms with Gasteiger partial charge in [-0.25, -0.2) is 9.78 Å². The van der Waals surface area contributed by atoms with Crippen molar-refractivity contribution in [2.24, 2.45) is 0 Å². The van der Waals surface area contributed by atoms with E-state index in [9.17, 15) is 4.79 Å². The van der Waals surface area contributed by atoms with Crippen LogP contribution in [-0.2, 0) is 0 Å². The number of para-hydroxylation sites is 2. The highest BCUT2D eigenvalue weighted by atomic mass is 16.4. The van der Waals surface area contributed by atoms with Crippen LogP contribution in [0.5, 0.6) is 0 Å². The minimum Gasteiger partial charge on any atom is -0.465 e. The van der Waals surface area contributed by atoms with E-state index in [0.29, 0.717) is 11.9 Å². The quantitative estimate of drug-likeness (QED) is 0.542. The van der Waals surface area contributed by atoms with Crippen LogP contribution in [0, 0.1) is 0 Å². The van der Waals surface area contributed by atoms with E-state index in [1.54, 1.807) is 0 Å². The summed E-state index contributed by atoms with van der Waals surface area (Å²) in [4.78, 5) is 18.2. The van der Waals surface area contributed by atoms with Crippen molar-refractivity contribution >= 4 is 22.9 Å². The molecule has 32 heavy (non-hydrogen) atoms. The fourth-order valence-corrected chi connectivity index (χ4v) is 5.12. The van der Waals surface area contributed by atoms with Gasteiger partial charge < -0.3 is 25.1 Å². The van der Waals surface area contributed by atoms with Gasteiger partial charge in [0.25, 0.3) is 0 Å². The maximum atomic E-state index is 11.2. The molecule has 7 heteroatoms. The van der Waals surface area contributed by atoms with E-state index in [2.05, 4.69) is 44.8 Å². The van der Waals surface area contributed by atoms with Crippen LogP contribution in [0.15, 0.2) is 52.9 Å². The second-order valence-corrected chi connectivity index (χ2v) is 8.93. The van der Waals surface area contributed by atoms with E-state index in [4.69, 9.17) is 9.52 Å². The van der Waals surface area contributed by atoms with Crippen LogP contribution in [0.25, 0.3) is 22.6 Å². The third kappa shape index (κ3) is 4.58. The number of nitrogens with one attached hydrogen (secondary N) is 2. The zero-order valence-electron chi connectivity index (χ0n) is 18.2. The SMILES string of the molecule is O=C(O)N[C@@H]1CCCC[C@H]1N[C@H]1CCCN(c2ccc(-c3nc4ccccc4o3)cc2)C1. The van der Waals surface area contributed by atoms with Crippen LogP contribution in [0.4, 0.5) is 10.5 Å². The smallest absolute Gasteiger partial charge is 0.404 e. The van der Waals surface area contributed by atoms with Gasteiger partial charge in [0.1, 0.15) is 5.52 Å². The molecule has 1 aromatic heterocycles. The van der Waals surface area contributed by atoms with Crippen molar-refractivity contribution < 1.29 is 14.3 Å². The van der Waals surface area contributed by atoms with Crippen molar-refractivity contribution in [3.63, 3.8) is 0 Å². The van der Waals surface area contributed by atoms with E-state index < -0.39 is 6.09 Å². The summed E-state index contributed by atoms with van der Waals surface area (Å²) in [5.74, 6) is 0.644. The fraction of sp³-hybridized carbons (Fsp3) is 0.440. The van der Waals surface area contributed by atoms with Gasteiger partial charge in [0.2, 0.25) is 5.89 Å². The molecule has 1 saturated heterocycles. The number of carbonyl (C=O) groups is 1. The van der Waals surface area contributed by atoms with Crippen molar-refractivity contribution in [3.8, 4) is 11.5 Å². The van der Waals surface area contributed by atoms with Crippen molar-refractivity contribution in [1.29, 1.82) is 0 Å². The van der Waals surface area contributed by atoms with Crippen molar-refractivity contribution in [3.05, 3.63) is 48.5 Å². The van der Waals surface area contributed by atoms with Gasteiger partial charge in [-0.2, -0.15) is 0 Å². The molecule has 1 amide bonds. The fourth-order valence-electron chi connectivity index (χ4n) is 5.12. The highest BCUT2D eigenvalue weighted by Gasteiger charge is 2.30. The number of benzene rings is 2. The van der Waals surface area contributed by atoms with Crippen molar-refractivity contribution in [2.45, 2.75) is 56.7 Å². The van der Waals surface area contributed by atoms with Gasteiger partial charge in [-0.05, 0) is 62.1 Å². The largest absolute Gasteiger partial charge is 0.465 e. The first-order valence-electron chi connectivity index (χ1n) is 11.6. The summed E-state index contributed by atoms with van der Waals surface area (Å²) < 4.78 is 5.90. The Labute approximate surface area is 187 Å². The Morgan fingerprint density at radius 3 is 2.56 bits per heavy atom. The van der Waals surface area contributed by atoms with E-state index in [-0.39, 0.29) is 12.1 Å². The summed E-state index contributed by atoms with van der Waals surface area (Å²) in [6.45, 7) is 1.96. The molecule has 2 heterocycles. The summed E-state index contributed by atoms with van der Waals surface area (Å²) in [7, 11) is 0. The number of rotatable bonds is 5. The molecule has 0 unspecified atom stereocenters. The summed E-state index contributed by atoms with van der Waals surface area (Å²) >= 11 is 0. The standard InChI is InChI=1S/C25H30N4O3/c30-25(31)28-21-8-2-1-7-20(21)26-18-6-5-15-29(16-18)19-13-11-17(12-14-19)24-27-22-9-3-4-10-23(22)32-24/h3-4,9-14,18,20-21,26,28H,1-2,5-8,15-16H2,(H,30,31)/t18-,20+,21+/m0/s1. The molecule has 2 fully saturated rings. The first-order chi connectivity index (χ1) is 15.7. The number of fused-ring (bicyclic) bond motifs is 1. The van der Waals surface area contributed by atoms with Gasteiger partial charge in [-0.15, -0.1) is 0 Å². The number of carboxylic acid groups (broad SMARTS) is 1. The van der Waals surface area contributed by atoms with Gasteiger partial charge in [0.05, 0.1) is 0 Å². The van der Waals surface area contributed by atoms with Gasteiger partial charge in [-0.1, -0.05) is 25.0 Å². The Hall–Kier alpha value is -3.06. The summed E-state index contributed by atoms with van der Waals surface area (Å²) in [6, 6.07) is 16.8. The average Bonchev–Trinajstić information content (AvgIpc) is 3.25. The second-order valence-electron chi connectivity index (χ2n) is 8.93. The Morgan fingerprint density at radius 1 is 1.00 bits per heavy atom. The molecule has 2 aliphatic rings. The molecule has 0 spiro atoms. The lowest BCUT2D eigenvalue weighted by atomic mass is 9.89. The minimum atomic E-state index is -0.923.